The van der Waals surface area contributed by atoms with Crippen molar-refractivity contribution in [2.24, 2.45) is 0 Å². The van der Waals surface area contributed by atoms with Crippen molar-refractivity contribution in [3.05, 3.63) is 35.9 Å². The van der Waals surface area contributed by atoms with Crippen molar-refractivity contribution in [1.82, 2.24) is 10.2 Å². The third-order valence-corrected chi connectivity index (χ3v) is 4.63. The summed E-state index contributed by atoms with van der Waals surface area (Å²) < 4.78 is 0. The van der Waals surface area contributed by atoms with Gasteiger partial charge in [-0.1, -0.05) is 50.1 Å². The Kier molecular flexibility index (Phi) is 5.00. The smallest absolute Gasteiger partial charge is 0.0506 e. The molecule has 0 radical (unpaired) electrons. The predicted molar refractivity (Wildman–Crippen MR) is 82.4 cm³/mol. The molecule has 1 aromatic rings. The van der Waals surface area contributed by atoms with Crippen LogP contribution in [-0.4, -0.2) is 31.1 Å². The second kappa shape index (κ2) is 6.53. The van der Waals surface area contributed by atoms with Crippen molar-refractivity contribution in [1.29, 1.82) is 0 Å². The van der Waals surface area contributed by atoms with Gasteiger partial charge in [0.05, 0.1) is 6.04 Å². The molecule has 0 saturated heterocycles. The van der Waals surface area contributed by atoms with E-state index in [1.807, 2.05) is 0 Å². The van der Waals surface area contributed by atoms with Crippen molar-refractivity contribution in [2.45, 2.75) is 50.6 Å². The molecule has 19 heavy (non-hydrogen) atoms. The Labute approximate surface area is 118 Å². The van der Waals surface area contributed by atoms with E-state index in [-0.39, 0.29) is 5.54 Å². The molecule has 1 atom stereocenters. The molecule has 1 saturated carbocycles. The number of nitrogens with one attached hydrogen (secondary N) is 1. The Bertz CT molecular complexity index is 366. The fourth-order valence-electron chi connectivity index (χ4n) is 3.53. The molecule has 0 aliphatic heterocycles. The van der Waals surface area contributed by atoms with E-state index in [1.165, 1.54) is 37.7 Å². The van der Waals surface area contributed by atoms with E-state index in [0.717, 1.165) is 6.54 Å². The Morgan fingerprint density at radius 2 is 1.79 bits per heavy atom. The fourth-order valence-corrected chi connectivity index (χ4v) is 3.53. The molecule has 0 bridgehead atoms. The molecule has 1 aliphatic carbocycles. The Morgan fingerprint density at radius 1 is 1.16 bits per heavy atom. The third kappa shape index (κ3) is 3.01. The van der Waals surface area contributed by atoms with E-state index in [1.54, 1.807) is 0 Å². The topological polar surface area (TPSA) is 15.3 Å². The molecule has 1 N–H and O–H groups in total. The molecule has 0 heterocycles. The average molecular weight is 260 g/mol. The fraction of sp³-hybridized carbons (Fsp3) is 0.647. The second-order valence-electron chi connectivity index (χ2n) is 6.00. The van der Waals surface area contributed by atoms with Crippen LogP contribution in [0.25, 0.3) is 0 Å². The first kappa shape index (κ1) is 14.5. The molecule has 1 fully saturated rings. The van der Waals surface area contributed by atoms with Gasteiger partial charge < -0.3 is 10.2 Å². The van der Waals surface area contributed by atoms with Crippen LogP contribution in [0.3, 0.4) is 0 Å². The summed E-state index contributed by atoms with van der Waals surface area (Å²) in [5.41, 5.74) is 1.72. The summed E-state index contributed by atoms with van der Waals surface area (Å²) in [6.45, 7) is 3.33. The number of rotatable bonds is 6. The molecule has 2 heteroatoms. The van der Waals surface area contributed by atoms with Crippen LogP contribution in [0.15, 0.2) is 30.3 Å². The third-order valence-electron chi connectivity index (χ3n) is 4.63. The van der Waals surface area contributed by atoms with Gasteiger partial charge in [-0.2, -0.15) is 0 Å². The first-order valence-electron chi connectivity index (χ1n) is 7.66. The zero-order chi connectivity index (χ0) is 13.7. The van der Waals surface area contributed by atoms with Gasteiger partial charge in [0.1, 0.15) is 0 Å². The molecular weight excluding hydrogens is 232 g/mol. The molecule has 2 nitrogen and oxygen atoms in total. The van der Waals surface area contributed by atoms with Gasteiger partial charge in [0.2, 0.25) is 0 Å². The van der Waals surface area contributed by atoms with Crippen molar-refractivity contribution < 1.29 is 0 Å². The monoisotopic (exact) mass is 260 g/mol. The highest BCUT2D eigenvalue weighted by Gasteiger charge is 2.43. The van der Waals surface area contributed by atoms with Gasteiger partial charge in [-0.05, 0) is 45.5 Å². The Morgan fingerprint density at radius 3 is 2.32 bits per heavy atom. The Balaban J connectivity index is 2.30. The standard InChI is InChI=1S/C17H28N2/c1-4-14-18-16(15-10-6-5-7-11-15)17(19(2)3)12-8-9-13-17/h5-7,10-11,16,18H,4,8-9,12-14H2,1-3H3. The summed E-state index contributed by atoms with van der Waals surface area (Å²) in [6.07, 6.45) is 6.50. The molecule has 1 aromatic carbocycles. The van der Waals surface area contributed by atoms with Crippen LogP contribution in [0.2, 0.25) is 0 Å². The summed E-state index contributed by atoms with van der Waals surface area (Å²) in [7, 11) is 4.49. The van der Waals surface area contributed by atoms with Crippen molar-refractivity contribution >= 4 is 0 Å². The lowest BCUT2D eigenvalue weighted by molar-refractivity contribution is 0.104. The quantitative estimate of drug-likeness (QED) is 0.840. The minimum absolute atomic E-state index is 0.288. The molecule has 1 aliphatic rings. The zero-order valence-corrected chi connectivity index (χ0v) is 12.7. The average Bonchev–Trinajstić information content (AvgIpc) is 2.91. The number of benzene rings is 1. The number of nitrogens with zero attached hydrogens (tertiary/aromatic N) is 1. The Hall–Kier alpha value is -0.860. The van der Waals surface area contributed by atoms with Gasteiger partial charge >= 0.3 is 0 Å². The molecule has 2 rings (SSSR count). The maximum absolute atomic E-state index is 3.81. The van der Waals surface area contributed by atoms with Gasteiger partial charge in [0, 0.05) is 5.54 Å². The van der Waals surface area contributed by atoms with Crippen LogP contribution in [0.5, 0.6) is 0 Å². The summed E-state index contributed by atoms with van der Waals surface area (Å²) in [5, 5.41) is 3.81. The first-order chi connectivity index (χ1) is 9.20. The number of likely N-dealkylation sites (N-methyl/N-ethyl adjacent to an activating group) is 1. The van der Waals surface area contributed by atoms with Crippen LogP contribution in [-0.2, 0) is 0 Å². The second-order valence-corrected chi connectivity index (χ2v) is 6.00. The van der Waals surface area contributed by atoms with Gasteiger partial charge in [-0.25, -0.2) is 0 Å². The maximum Gasteiger partial charge on any atom is 0.0506 e. The van der Waals surface area contributed by atoms with Crippen LogP contribution in [0.1, 0.15) is 50.6 Å². The van der Waals surface area contributed by atoms with E-state index in [4.69, 9.17) is 0 Å². The van der Waals surface area contributed by atoms with Crippen molar-refractivity contribution in [3.8, 4) is 0 Å². The summed E-state index contributed by atoms with van der Waals surface area (Å²) in [6, 6.07) is 11.4. The highest BCUT2D eigenvalue weighted by molar-refractivity contribution is 5.24. The van der Waals surface area contributed by atoms with Gasteiger partial charge in [0.15, 0.2) is 0 Å². The molecule has 0 aromatic heterocycles. The molecule has 0 amide bonds. The molecule has 1 unspecified atom stereocenters. The molecule has 106 valence electrons. The van der Waals surface area contributed by atoms with E-state index >= 15 is 0 Å². The van der Waals surface area contributed by atoms with Gasteiger partial charge in [-0.3, -0.25) is 0 Å². The molecular formula is C17H28N2. The number of hydrogen-bond donors (Lipinski definition) is 1. The normalized spacial score (nSPS) is 19.8. The zero-order valence-electron chi connectivity index (χ0n) is 12.7. The van der Waals surface area contributed by atoms with Crippen molar-refractivity contribution in [3.63, 3.8) is 0 Å². The highest BCUT2D eigenvalue weighted by atomic mass is 15.2. The van der Waals surface area contributed by atoms with E-state index < -0.39 is 0 Å². The van der Waals surface area contributed by atoms with Crippen LogP contribution < -0.4 is 5.32 Å². The van der Waals surface area contributed by atoms with E-state index in [2.05, 4.69) is 61.6 Å². The predicted octanol–water partition coefficient (Wildman–Crippen LogP) is 3.60. The SMILES string of the molecule is CCCNC(c1ccccc1)C1(N(C)C)CCCC1. The minimum Gasteiger partial charge on any atom is -0.308 e. The van der Waals surface area contributed by atoms with Crippen molar-refractivity contribution in [2.75, 3.05) is 20.6 Å². The largest absolute Gasteiger partial charge is 0.308 e. The van der Waals surface area contributed by atoms with Gasteiger partial charge in [0.25, 0.3) is 0 Å². The summed E-state index contributed by atoms with van der Waals surface area (Å²) in [4.78, 5) is 2.46. The lowest BCUT2D eigenvalue weighted by Gasteiger charge is -2.44. The minimum atomic E-state index is 0.288. The maximum atomic E-state index is 3.81. The summed E-state index contributed by atoms with van der Waals surface area (Å²) >= 11 is 0. The lowest BCUT2D eigenvalue weighted by atomic mass is 9.82. The molecule has 0 spiro atoms. The summed E-state index contributed by atoms with van der Waals surface area (Å²) in [5.74, 6) is 0. The van der Waals surface area contributed by atoms with Crippen LogP contribution in [0, 0.1) is 0 Å². The van der Waals surface area contributed by atoms with Crippen LogP contribution in [0.4, 0.5) is 0 Å². The van der Waals surface area contributed by atoms with E-state index in [9.17, 15) is 0 Å². The number of hydrogen-bond acceptors (Lipinski definition) is 2. The van der Waals surface area contributed by atoms with Crippen LogP contribution >= 0.6 is 0 Å². The first-order valence-corrected chi connectivity index (χ1v) is 7.66. The van der Waals surface area contributed by atoms with E-state index in [0.29, 0.717) is 6.04 Å². The lowest BCUT2D eigenvalue weighted by Crippen LogP contribution is -2.52. The highest BCUT2D eigenvalue weighted by Crippen LogP contribution is 2.43. The van der Waals surface area contributed by atoms with Gasteiger partial charge in [-0.15, -0.1) is 0 Å².